The average molecular weight is 305 g/mol. The largest absolute Gasteiger partial charge is 0.480 e. The zero-order valence-electron chi connectivity index (χ0n) is 13.6. The summed E-state index contributed by atoms with van der Waals surface area (Å²) in [5.74, 6) is 0.354. The molecule has 1 aliphatic heterocycles. The molecule has 0 radical (unpaired) electrons. The summed E-state index contributed by atoms with van der Waals surface area (Å²) in [4.78, 5) is 32.4. The first kappa shape index (κ1) is 16.3. The van der Waals surface area contributed by atoms with Crippen LogP contribution in [-0.4, -0.2) is 59.9 Å². The number of rotatable bonds is 2. The summed E-state index contributed by atoms with van der Waals surface area (Å²) in [5, 5.41) is 0. The van der Waals surface area contributed by atoms with E-state index in [2.05, 4.69) is 4.98 Å². The van der Waals surface area contributed by atoms with Crippen molar-refractivity contribution in [3.8, 4) is 5.88 Å². The van der Waals surface area contributed by atoms with Gasteiger partial charge in [0, 0.05) is 37.8 Å². The Labute approximate surface area is 131 Å². The second-order valence-electron chi connectivity index (χ2n) is 6.39. The highest BCUT2D eigenvalue weighted by atomic mass is 16.5. The van der Waals surface area contributed by atoms with Crippen LogP contribution in [0.25, 0.3) is 0 Å². The van der Waals surface area contributed by atoms with Gasteiger partial charge in [-0.2, -0.15) is 0 Å². The molecule has 0 bridgehead atoms. The van der Waals surface area contributed by atoms with Crippen molar-refractivity contribution < 1.29 is 14.3 Å². The molecule has 6 heteroatoms. The zero-order valence-corrected chi connectivity index (χ0v) is 13.6. The van der Waals surface area contributed by atoms with E-state index in [0.29, 0.717) is 37.6 Å². The van der Waals surface area contributed by atoms with Crippen molar-refractivity contribution in [1.82, 2.24) is 14.8 Å². The third-order valence-corrected chi connectivity index (χ3v) is 3.69. The maximum Gasteiger partial charge on any atom is 0.259 e. The molecule has 0 atom stereocenters. The normalized spacial score (nSPS) is 15.6. The molecule has 1 fully saturated rings. The minimum absolute atomic E-state index is 0.104. The fourth-order valence-electron chi connectivity index (χ4n) is 2.47. The predicted molar refractivity (Wildman–Crippen MR) is 82.7 cm³/mol. The van der Waals surface area contributed by atoms with Crippen molar-refractivity contribution in [3.05, 3.63) is 23.9 Å². The number of carbonyl (C=O) groups excluding carboxylic acids is 2. The van der Waals surface area contributed by atoms with E-state index in [0.717, 1.165) is 0 Å². The molecule has 1 aliphatic rings. The monoisotopic (exact) mass is 305 g/mol. The van der Waals surface area contributed by atoms with Gasteiger partial charge < -0.3 is 14.5 Å². The lowest BCUT2D eigenvalue weighted by Crippen LogP contribution is -2.53. The van der Waals surface area contributed by atoms with E-state index in [4.69, 9.17) is 4.74 Å². The zero-order chi connectivity index (χ0) is 16.3. The van der Waals surface area contributed by atoms with Crippen LogP contribution in [0.2, 0.25) is 0 Å². The Kier molecular flexibility index (Phi) is 4.68. The number of aromatic nitrogens is 1. The number of methoxy groups -OCH3 is 1. The smallest absolute Gasteiger partial charge is 0.259 e. The average Bonchev–Trinajstić information content (AvgIpc) is 2.52. The summed E-state index contributed by atoms with van der Waals surface area (Å²) in [6.45, 7) is 7.90. The second kappa shape index (κ2) is 6.34. The molecule has 1 saturated heterocycles. The fourth-order valence-corrected chi connectivity index (χ4v) is 2.47. The van der Waals surface area contributed by atoms with Crippen LogP contribution in [0.5, 0.6) is 5.88 Å². The molecule has 0 unspecified atom stereocenters. The maximum absolute atomic E-state index is 12.6. The Morgan fingerprint density at radius 3 is 2.27 bits per heavy atom. The van der Waals surface area contributed by atoms with Gasteiger partial charge in [0.15, 0.2) is 0 Å². The molecule has 0 aromatic carbocycles. The van der Waals surface area contributed by atoms with Gasteiger partial charge in [-0.25, -0.2) is 4.98 Å². The first-order valence-electron chi connectivity index (χ1n) is 7.42. The van der Waals surface area contributed by atoms with Gasteiger partial charge in [-0.3, -0.25) is 9.59 Å². The van der Waals surface area contributed by atoms with Crippen molar-refractivity contribution in [2.45, 2.75) is 20.8 Å². The van der Waals surface area contributed by atoms with Crippen LogP contribution in [0.1, 0.15) is 31.1 Å². The number of amides is 2. The number of piperazine rings is 1. The quantitative estimate of drug-likeness (QED) is 0.829. The predicted octanol–water partition coefficient (Wildman–Crippen LogP) is 1.42. The number of hydrogen-bond acceptors (Lipinski definition) is 4. The molecular formula is C16H23N3O3. The van der Waals surface area contributed by atoms with Gasteiger partial charge in [-0.05, 0) is 12.1 Å². The number of ether oxygens (including phenoxy) is 1. The fraction of sp³-hybridized carbons (Fsp3) is 0.562. The van der Waals surface area contributed by atoms with Crippen molar-refractivity contribution in [3.63, 3.8) is 0 Å². The highest BCUT2D eigenvalue weighted by Gasteiger charge is 2.31. The highest BCUT2D eigenvalue weighted by Crippen LogP contribution is 2.20. The lowest BCUT2D eigenvalue weighted by molar-refractivity contribution is -0.140. The number of nitrogens with zero attached hydrogens (tertiary/aromatic N) is 3. The minimum atomic E-state index is -0.390. The minimum Gasteiger partial charge on any atom is -0.480 e. The SMILES string of the molecule is COc1ncccc1C(=O)N1CCN(C(=O)C(C)(C)C)CC1. The summed E-state index contributed by atoms with van der Waals surface area (Å²) in [7, 11) is 1.50. The standard InChI is InChI=1S/C16H23N3O3/c1-16(2,3)15(21)19-10-8-18(9-11-19)14(20)12-6-5-7-17-13(12)22-4/h5-7H,8-11H2,1-4H3. The van der Waals surface area contributed by atoms with E-state index in [9.17, 15) is 9.59 Å². The summed E-state index contributed by atoms with van der Waals surface area (Å²) >= 11 is 0. The van der Waals surface area contributed by atoms with E-state index in [1.54, 1.807) is 23.2 Å². The van der Waals surface area contributed by atoms with Gasteiger partial charge in [0.25, 0.3) is 5.91 Å². The number of carbonyl (C=O) groups is 2. The van der Waals surface area contributed by atoms with Crippen LogP contribution < -0.4 is 4.74 Å². The Hall–Kier alpha value is -2.11. The highest BCUT2D eigenvalue weighted by molar-refractivity contribution is 5.96. The van der Waals surface area contributed by atoms with Gasteiger partial charge in [0.05, 0.1) is 7.11 Å². The molecule has 6 nitrogen and oxygen atoms in total. The summed E-state index contributed by atoms with van der Waals surface area (Å²) in [6.07, 6.45) is 1.59. The van der Waals surface area contributed by atoms with Crippen LogP contribution in [0.15, 0.2) is 18.3 Å². The van der Waals surface area contributed by atoms with Gasteiger partial charge in [0.2, 0.25) is 11.8 Å². The lowest BCUT2D eigenvalue weighted by Gasteiger charge is -2.37. The topological polar surface area (TPSA) is 62.7 Å². The van der Waals surface area contributed by atoms with Crippen LogP contribution in [0.3, 0.4) is 0 Å². The summed E-state index contributed by atoms with van der Waals surface area (Å²) < 4.78 is 5.14. The van der Waals surface area contributed by atoms with Crippen molar-refractivity contribution in [1.29, 1.82) is 0 Å². The van der Waals surface area contributed by atoms with Crippen molar-refractivity contribution in [2.24, 2.45) is 5.41 Å². The second-order valence-corrected chi connectivity index (χ2v) is 6.39. The molecular weight excluding hydrogens is 282 g/mol. The number of pyridine rings is 1. The molecule has 1 aromatic rings. The molecule has 0 aliphatic carbocycles. The van der Waals surface area contributed by atoms with E-state index in [1.165, 1.54) is 7.11 Å². The first-order valence-corrected chi connectivity index (χ1v) is 7.42. The van der Waals surface area contributed by atoms with Gasteiger partial charge in [-0.15, -0.1) is 0 Å². The Morgan fingerprint density at radius 2 is 1.73 bits per heavy atom. The van der Waals surface area contributed by atoms with Gasteiger partial charge >= 0.3 is 0 Å². The Morgan fingerprint density at radius 1 is 1.14 bits per heavy atom. The third kappa shape index (κ3) is 3.37. The van der Waals surface area contributed by atoms with Crippen LogP contribution in [0.4, 0.5) is 0 Å². The molecule has 22 heavy (non-hydrogen) atoms. The van der Waals surface area contributed by atoms with Crippen LogP contribution in [-0.2, 0) is 4.79 Å². The first-order chi connectivity index (χ1) is 10.3. The van der Waals surface area contributed by atoms with Crippen LogP contribution >= 0.6 is 0 Å². The molecule has 0 saturated carbocycles. The molecule has 120 valence electrons. The van der Waals surface area contributed by atoms with Crippen molar-refractivity contribution in [2.75, 3.05) is 33.3 Å². The lowest BCUT2D eigenvalue weighted by atomic mass is 9.94. The molecule has 2 amide bonds. The molecule has 1 aromatic heterocycles. The number of hydrogen-bond donors (Lipinski definition) is 0. The Balaban J connectivity index is 2.03. The summed E-state index contributed by atoms with van der Waals surface area (Å²) in [6, 6.07) is 3.43. The maximum atomic E-state index is 12.6. The summed E-state index contributed by atoms with van der Waals surface area (Å²) in [5.41, 5.74) is 0.0688. The molecule has 0 N–H and O–H groups in total. The molecule has 2 heterocycles. The Bertz CT molecular complexity index is 558. The molecule has 2 rings (SSSR count). The van der Waals surface area contributed by atoms with Gasteiger partial charge in [-0.1, -0.05) is 20.8 Å². The van der Waals surface area contributed by atoms with Crippen LogP contribution in [0, 0.1) is 5.41 Å². The third-order valence-electron chi connectivity index (χ3n) is 3.69. The van der Waals surface area contributed by atoms with E-state index in [1.807, 2.05) is 25.7 Å². The van der Waals surface area contributed by atoms with E-state index >= 15 is 0 Å². The van der Waals surface area contributed by atoms with Crippen molar-refractivity contribution >= 4 is 11.8 Å². The van der Waals surface area contributed by atoms with Gasteiger partial charge in [0.1, 0.15) is 5.56 Å². The van der Waals surface area contributed by atoms with E-state index in [-0.39, 0.29) is 11.8 Å². The molecule has 0 spiro atoms. The van der Waals surface area contributed by atoms with E-state index < -0.39 is 5.41 Å².